The maximum absolute atomic E-state index is 6.24. The highest BCUT2D eigenvalue weighted by molar-refractivity contribution is 6.19. The lowest BCUT2D eigenvalue weighted by Gasteiger charge is -2.19. The number of rotatable bonds is 5. The van der Waals surface area contributed by atoms with Crippen LogP contribution in [0.25, 0.3) is 32.7 Å². The van der Waals surface area contributed by atoms with Crippen LogP contribution in [0.2, 0.25) is 0 Å². The van der Waals surface area contributed by atoms with E-state index in [0.717, 1.165) is 34.0 Å². The molecule has 2 aliphatic heterocycles. The Bertz CT molecular complexity index is 1400. The number of hydrogen-bond acceptors (Lipinski definition) is 4. The van der Waals surface area contributed by atoms with Crippen molar-refractivity contribution in [3.8, 4) is 11.1 Å². The predicted molar refractivity (Wildman–Crippen MR) is 149 cm³/mol. The van der Waals surface area contributed by atoms with Gasteiger partial charge in [-0.25, -0.2) is 9.98 Å². The van der Waals surface area contributed by atoms with Crippen molar-refractivity contribution in [3.05, 3.63) is 83.9 Å². The minimum absolute atomic E-state index is 0.167. The highest BCUT2D eigenvalue weighted by Crippen LogP contribution is 2.41. The van der Waals surface area contributed by atoms with Gasteiger partial charge in [-0.3, -0.25) is 0 Å². The summed E-state index contributed by atoms with van der Waals surface area (Å²) in [7, 11) is 0. The average molecular weight is 477 g/mol. The van der Waals surface area contributed by atoms with Gasteiger partial charge >= 0.3 is 0 Å². The van der Waals surface area contributed by atoms with Crippen molar-refractivity contribution in [2.75, 3.05) is 13.2 Å². The monoisotopic (exact) mass is 476 g/mol. The van der Waals surface area contributed by atoms with Crippen LogP contribution in [0.1, 0.15) is 38.8 Å². The maximum atomic E-state index is 6.24. The van der Waals surface area contributed by atoms with Crippen molar-refractivity contribution in [1.82, 2.24) is 0 Å². The standard InChI is InChI=1S/C32H32N2O2/c1-19(2)27-17-35-31(33-27)25-15-13-21-9-5-7-11-23(21)29(25)30-24-12-8-6-10-22(24)14-16-26(30)32-34-28(18-36-32)20(3)4/h5-16,19-20,27-28H,17-18H2,1-4H3/t27-,28-/m0/s1. The molecule has 2 heterocycles. The molecule has 4 heteroatoms. The van der Waals surface area contributed by atoms with Gasteiger partial charge in [-0.2, -0.15) is 0 Å². The van der Waals surface area contributed by atoms with Crippen LogP contribution in [-0.4, -0.2) is 37.1 Å². The quantitative estimate of drug-likeness (QED) is 0.304. The fraction of sp³-hybridized carbons (Fsp3) is 0.312. The minimum atomic E-state index is 0.167. The first kappa shape index (κ1) is 22.8. The van der Waals surface area contributed by atoms with Gasteiger partial charge in [-0.1, -0.05) is 88.4 Å². The van der Waals surface area contributed by atoms with Gasteiger partial charge in [0.05, 0.1) is 12.1 Å². The van der Waals surface area contributed by atoms with Gasteiger partial charge in [0.15, 0.2) is 0 Å². The summed E-state index contributed by atoms with van der Waals surface area (Å²) >= 11 is 0. The molecule has 0 saturated heterocycles. The van der Waals surface area contributed by atoms with Crippen LogP contribution >= 0.6 is 0 Å². The molecule has 2 atom stereocenters. The minimum Gasteiger partial charge on any atom is -0.475 e. The second kappa shape index (κ2) is 9.09. The van der Waals surface area contributed by atoms with Crippen LogP contribution in [0, 0.1) is 11.8 Å². The van der Waals surface area contributed by atoms with E-state index in [9.17, 15) is 0 Å². The molecule has 0 spiro atoms. The van der Waals surface area contributed by atoms with Crippen molar-refractivity contribution < 1.29 is 9.47 Å². The van der Waals surface area contributed by atoms with E-state index >= 15 is 0 Å². The molecule has 182 valence electrons. The van der Waals surface area contributed by atoms with Crippen molar-refractivity contribution >= 4 is 33.3 Å². The second-order valence-corrected chi connectivity index (χ2v) is 10.5. The highest BCUT2D eigenvalue weighted by atomic mass is 16.5. The SMILES string of the molecule is CC(C)[C@@H]1COC(c2ccc3ccccc3c2-c2c(C3=N[C@H](C(C)C)CO3)ccc3ccccc23)=N1. The smallest absolute Gasteiger partial charge is 0.217 e. The van der Waals surface area contributed by atoms with E-state index in [0.29, 0.717) is 25.0 Å². The van der Waals surface area contributed by atoms with E-state index in [1.54, 1.807) is 0 Å². The number of ether oxygens (including phenoxy) is 2. The Morgan fingerprint density at radius 3 is 1.39 bits per heavy atom. The molecule has 2 aliphatic rings. The normalized spacial score (nSPS) is 19.6. The van der Waals surface area contributed by atoms with Crippen LogP contribution in [-0.2, 0) is 9.47 Å². The summed E-state index contributed by atoms with van der Waals surface area (Å²) in [6, 6.07) is 26.1. The number of aliphatic imine (C=N–C) groups is 2. The third kappa shape index (κ3) is 3.85. The Hall–Kier alpha value is -3.66. The summed E-state index contributed by atoms with van der Waals surface area (Å²) in [5.74, 6) is 2.30. The molecule has 0 unspecified atom stereocenters. The van der Waals surface area contributed by atoms with E-state index in [1.807, 2.05) is 0 Å². The summed E-state index contributed by atoms with van der Waals surface area (Å²) in [4.78, 5) is 10.1. The van der Waals surface area contributed by atoms with Crippen molar-refractivity contribution in [2.24, 2.45) is 21.8 Å². The van der Waals surface area contributed by atoms with Crippen molar-refractivity contribution in [1.29, 1.82) is 0 Å². The Morgan fingerprint density at radius 1 is 0.583 bits per heavy atom. The van der Waals surface area contributed by atoms with Gasteiger partial charge in [0, 0.05) is 22.3 Å². The summed E-state index contributed by atoms with van der Waals surface area (Å²) in [6.07, 6.45) is 0. The molecule has 0 fully saturated rings. The maximum Gasteiger partial charge on any atom is 0.217 e. The molecular formula is C32H32N2O2. The van der Waals surface area contributed by atoms with Gasteiger partial charge in [-0.15, -0.1) is 0 Å². The van der Waals surface area contributed by atoms with E-state index in [1.165, 1.54) is 21.5 Å². The van der Waals surface area contributed by atoms with Gasteiger partial charge in [0.1, 0.15) is 13.2 Å². The fourth-order valence-electron chi connectivity index (χ4n) is 5.19. The van der Waals surface area contributed by atoms with Crippen LogP contribution in [0.5, 0.6) is 0 Å². The number of hydrogen-bond donors (Lipinski definition) is 0. The molecule has 0 aromatic heterocycles. The molecule has 0 radical (unpaired) electrons. The molecule has 6 rings (SSSR count). The summed E-state index contributed by atoms with van der Waals surface area (Å²) in [5.41, 5.74) is 4.30. The first-order valence-electron chi connectivity index (χ1n) is 13.0. The lowest BCUT2D eigenvalue weighted by molar-refractivity contribution is 0.291. The Labute approximate surface area is 212 Å². The van der Waals surface area contributed by atoms with Gasteiger partial charge in [-0.05, 0) is 45.5 Å². The van der Waals surface area contributed by atoms with Crippen molar-refractivity contribution in [3.63, 3.8) is 0 Å². The lowest BCUT2D eigenvalue weighted by Crippen LogP contribution is -2.13. The van der Waals surface area contributed by atoms with Gasteiger partial charge < -0.3 is 9.47 Å². The topological polar surface area (TPSA) is 43.2 Å². The number of fused-ring (bicyclic) bond motifs is 2. The predicted octanol–water partition coefficient (Wildman–Crippen LogP) is 7.26. The summed E-state index contributed by atoms with van der Waals surface area (Å²) in [6.45, 7) is 10.0. The largest absolute Gasteiger partial charge is 0.475 e. The Balaban J connectivity index is 1.68. The third-order valence-corrected chi connectivity index (χ3v) is 7.46. The van der Waals surface area contributed by atoms with E-state index in [2.05, 4.69) is 100 Å². The molecule has 0 aliphatic carbocycles. The van der Waals surface area contributed by atoms with Crippen LogP contribution < -0.4 is 0 Å². The number of benzene rings is 4. The van der Waals surface area contributed by atoms with Gasteiger partial charge in [0.25, 0.3) is 0 Å². The van der Waals surface area contributed by atoms with E-state index in [4.69, 9.17) is 19.5 Å². The first-order valence-corrected chi connectivity index (χ1v) is 13.0. The molecule has 4 nitrogen and oxygen atoms in total. The molecule has 0 saturated carbocycles. The average Bonchev–Trinajstić information content (AvgIpc) is 3.58. The Kier molecular flexibility index (Phi) is 5.75. The van der Waals surface area contributed by atoms with Crippen LogP contribution in [0.15, 0.2) is 82.8 Å². The second-order valence-electron chi connectivity index (χ2n) is 10.5. The fourth-order valence-corrected chi connectivity index (χ4v) is 5.19. The highest BCUT2D eigenvalue weighted by Gasteiger charge is 2.30. The molecular weight excluding hydrogens is 444 g/mol. The molecule has 4 aromatic rings. The van der Waals surface area contributed by atoms with Crippen LogP contribution in [0.4, 0.5) is 0 Å². The molecule has 0 amide bonds. The van der Waals surface area contributed by atoms with E-state index in [-0.39, 0.29) is 12.1 Å². The zero-order valence-corrected chi connectivity index (χ0v) is 21.4. The zero-order valence-electron chi connectivity index (χ0n) is 21.4. The molecule has 0 bridgehead atoms. The van der Waals surface area contributed by atoms with E-state index < -0.39 is 0 Å². The Morgan fingerprint density at radius 2 is 1.00 bits per heavy atom. The number of nitrogens with zero attached hydrogens (tertiary/aromatic N) is 2. The lowest BCUT2D eigenvalue weighted by atomic mass is 9.87. The van der Waals surface area contributed by atoms with Crippen molar-refractivity contribution in [2.45, 2.75) is 39.8 Å². The van der Waals surface area contributed by atoms with Crippen LogP contribution in [0.3, 0.4) is 0 Å². The van der Waals surface area contributed by atoms with Gasteiger partial charge in [0.2, 0.25) is 11.8 Å². The summed E-state index contributed by atoms with van der Waals surface area (Å²) in [5, 5.41) is 4.71. The third-order valence-electron chi connectivity index (χ3n) is 7.46. The molecule has 0 N–H and O–H groups in total. The summed E-state index contributed by atoms with van der Waals surface area (Å²) < 4.78 is 12.5. The zero-order chi connectivity index (χ0) is 24.8. The first-order chi connectivity index (χ1) is 17.5. The molecule has 4 aromatic carbocycles. The molecule has 36 heavy (non-hydrogen) atoms.